The van der Waals surface area contributed by atoms with Crippen LogP contribution in [0.25, 0.3) is 22.5 Å². The van der Waals surface area contributed by atoms with Crippen LogP contribution in [-0.4, -0.2) is 62.1 Å². The first kappa shape index (κ1) is 22.5. The maximum atomic E-state index is 13.9. The Bertz CT molecular complexity index is 996. The molecule has 7 nitrogen and oxygen atoms in total. The van der Waals surface area contributed by atoms with Crippen LogP contribution in [-0.2, 0) is 6.54 Å². The summed E-state index contributed by atoms with van der Waals surface area (Å²) in [5, 5.41) is 28.1. The molecule has 0 radical (unpaired) electrons. The number of tetrazole rings is 1. The van der Waals surface area contributed by atoms with Gasteiger partial charge in [-0.15, -0.1) is 5.10 Å². The second-order valence-corrected chi connectivity index (χ2v) is 8.60. The van der Waals surface area contributed by atoms with Gasteiger partial charge in [-0.1, -0.05) is 62.4 Å². The van der Waals surface area contributed by atoms with Gasteiger partial charge in [0, 0.05) is 24.1 Å². The summed E-state index contributed by atoms with van der Waals surface area (Å²) in [5.41, 5.74) is 3.93. The number of benzene rings is 2. The topological polar surface area (TPSA) is 80.8 Å². The maximum absolute atomic E-state index is 13.9. The number of aromatic amines is 1. The summed E-state index contributed by atoms with van der Waals surface area (Å²) in [4.78, 5) is 2.12. The standard InChI is InChI=1S/C24H31FN6O/c1-3-7-23-30(14-4-2)20(15-25)17-31(23,32)16-18-10-12-19(13-11-18)21-8-5-6-9-22(21)24-26-28-29-27-24/h5-6,8-13,20,23H,3-4,7,14-17H2,1-2H3,(H,26,27,28,29). The van der Waals surface area contributed by atoms with Crippen molar-refractivity contribution in [3.8, 4) is 22.5 Å². The van der Waals surface area contributed by atoms with Gasteiger partial charge in [0.25, 0.3) is 0 Å². The average Bonchev–Trinajstić information content (AvgIpc) is 3.43. The Morgan fingerprint density at radius 3 is 2.47 bits per heavy atom. The van der Waals surface area contributed by atoms with Gasteiger partial charge in [0.05, 0.1) is 12.6 Å². The molecule has 3 atom stereocenters. The highest BCUT2D eigenvalue weighted by atomic mass is 19.1. The molecule has 0 bridgehead atoms. The number of nitrogens with zero attached hydrogens (tertiary/aromatic N) is 5. The molecular weight excluding hydrogens is 407 g/mol. The van der Waals surface area contributed by atoms with Gasteiger partial charge in [0.2, 0.25) is 0 Å². The minimum absolute atomic E-state index is 0.181. The highest BCUT2D eigenvalue weighted by molar-refractivity contribution is 5.80. The van der Waals surface area contributed by atoms with E-state index in [1.807, 2.05) is 48.5 Å². The molecule has 1 aromatic heterocycles. The van der Waals surface area contributed by atoms with Crippen molar-refractivity contribution < 1.29 is 9.04 Å². The smallest absolute Gasteiger partial charge is 0.180 e. The van der Waals surface area contributed by atoms with E-state index in [0.717, 1.165) is 48.1 Å². The zero-order chi connectivity index (χ0) is 22.6. The maximum Gasteiger partial charge on any atom is 0.180 e. The predicted octanol–water partition coefficient (Wildman–Crippen LogP) is 4.54. The Morgan fingerprint density at radius 1 is 1.09 bits per heavy atom. The Kier molecular flexibility index (Phi) is 6.93. The van der Waals surface area contributed by atoms with E-state index in [9.17, 15) is 9.60 Å². The minimum Gasteiger partial charge on any atom is -0.631 e. The van der Waals surface area contributed by atoms with Crippen molar-refractivity contribution in [2.45, 2.75) is 51.9 Å². The van der Waals surface area contributed by atoms with Crippen LogP contribution in [0, 0.1) is 5.21 Å². The summed E-state index contributed by atoms with van der Waals surface area (Å²) in [5.74, 6) is 0.612. The molecule has 2 heterocycles. The van der Waals surface area contributed by atoms with Gasteiger partial charge in [0.15, 0.2) is 5.82 Å². The Balaban J connectivity index is 1.58. The van der Waals surface area contributed by atoms with E-state index in [2.05, 4.69) is 39.4 Å². The third kappa shape index (κ3) is 4.44. The van der Waals surface area contributed by atoms with E-state index in [-0.39, 0.29) is 16.9 Å². The number of H-pyrrole nitrogens is 1. The first-order valence-electron chi connectivity index (χ1n) is 11.4. The number of quaternary nitrogens is 1. The summed E-state index contributed by atoms with van der Waals surface area (Å²) in [7, 11) is 0. The second-order valence-electron chi connectivity index (χ2n) is 8.60. The van der Waals surface area contributed by atoms with Crippen LogP contribution in [0.15, 0.2) is 48.5 Å². The minimum atomic E-state index is -0.464. The van der Waals surface area contributed by atoms with Gasteiger partial charge in [-0.2, -0.15) is 0 Å². The van der Waals surface area contributed by atoms with Crippen molar-refractivity contribution in [2.24, 2.45) is 0 Å². The molecule has 170 valence electrons. The van der Waals surface area contributed by atoms with Gasteiger partial charge < -0.3 is 9.85 Å². The van der Waals surface area contributed by atoms with Crippen molar-refractivity contribution in [2.75, 3.05) is 19.8 Å². The van der Waals surface area contributed by atoms with Crippen molar-refractivity contribution in [3.63, 3.8) is 0 Å². The molecule has 0 amide bonds. The lowest BCUT2D eigenvalue weighted by Gasteiger charge is -2.45. The van der Waals surface area contributed by atoms with Gasteiger partial charge in [0.1, 0.15) is 19.4 Å². The number of hydrogen-bond donors (Lipinski definition) is 1. The lowest BCUT2D eigenvalue weighted by molar-refractivity contribution is -0.912. The number of nitrogens with one attached hydrogen (secondary N) is 1. The van der Waals surface area contributed by atoms with Crippen LogP contribution in [0.4, 0.5) is 4.39 Å². The van der Waals surface area contributed by atoms with E-state index in [4.69, 9.17) is 0 Å². The molecule has 3 aromatic rings. The number of alkyl halides is 1. The summed E-state index contributed by atoms with van der Waals surface area (Å²) >= 11 is 0. The molecule has 1 aliphatic heterocycles. The highest BCUT2D eigenvalue weighted by Gasteiger charge is 2.46. The molecule has 1 fully saturated rings. The fourth-order valence-corrected chi connectivity index (χ4v) is 4.97. The van der Waals surface area contributed by atoms with Gasteiger partial charge in [-0.05, 0) is 34.4 Å². The van der Waals surface area contributed by atoms with Gasteiger partial charge in [-0.25, -0.2) is 14.4 Å². The third-order valence-corrected chi connectivity index (χ3v) is 6.36. The lowest BCUT2D eigenvalue weighted by Crippen LogP contribution is -2.50. The summed E-state index contributed by atoms with van der Waals surface area (Å²) in [6, 6.07) is 15.7. The van der Waals surface area contributed by atoms with E-state index in [0.29, 0.717) is 18.9 Å². The van der Waals surface area contributed by atoms with Crippen LogP contribution < -0.4 is 0 Å². The number of rotatable bonds is 9. The summed E-state index contributed by atoms with van der Waals surface area (Å²) in [6.45, 7) is 5.15. The quantitative estimate of drug-likeness (QED) is 0.392. The van der Waals surface area contributed by atoms with Gasteiger partial charge in [-0.3, -0.25) is 0 Å². The highest BCUT2D eigenvalue weighted by Crippen LogP contribution is 2.35. The molecule has 0 saturated carbocycles. The number of hydrogen-bond acceptors (Lipinski definition) is 5. The zero-order valence-electron chi connectivity index (χ0n) is 18.7. The second kappa shape index (κ2) is 9.85. The Labute approximate surface area is 188 Å². The molecule has 2 aromatic carbocycles. The summed E-state index contributed by atoms with van der Waals surface area (Å²) in [6.07, 6.45) is 2.45. The van der Waals surface area contributed by atoms with Crippen LogP contribution >= 0.6 is 0 Å². The molecule has 1 aliphatic rings. The van der Waals surface area contributed by atoms with Crippen molar-refractivity contribution >= 4 is 0 Å². The van der Waals surface area contributed by atoms with Gasteiger partial charge >= 0.3 is 0 Å². The van der Waals surface area contributed by atoms with Crippen molar-refractivity contribution in [1.29, 1.82) is 0 Å². The SMILES string of the molecule is CCCC1N(CCC)C(CF)C[N+]1([O-])Cc1ccc(-c2ccccc2-c2nnn[nH]2)cc1. The normalized spacial score (nSPS) is 23.6. The van der Waals surface area contributed by atoms with E-state index < -0.39 is 6.67 Å². The number of hydroxylamine groups is 3. The largest absolute Gasteiger partial charge is 0.631 e. The monoisotopic (exact) mass is 438 g/mol. The Hall–Kier alpha value is -2.68. The van der Waals surface area contributed by atoms with Crippen LogP contribution in [0.3, 0.4) is 0 Å². The fraction of sp³-hybridized carbons (Fsp3) is 0.458. The lowest BCUT2D eigenvalue weighted by atomic mass is 9.98. The van der Waals surface area contributed by atoms with Crippen molar-refractivity contribution in [3.05, 3.63) is 59.3 Å². The average molecular weight is 439 g/mol. The molecule has 32 heavy (non-hydrogen) atoms. The van der Waals surface area contributed by atoms with E-state index in [1.165, 1.54) is 0 Å². The fourth-order valence-electron chi connectivity index (χ4n) is 4.97. The van der Waals surface area contributed by atoms with Crippen LogP contribution in [0.5, 0.6) is 0 Å². The molecule has 4 rings (SSSR count). The molecule has 0 spiro atoms. The van der Waals surface area contributed by atoms with E-state index in [1.54, 1.807) is 0 Å². The van der Waals surface area contributed by atoms with Crippen LogP contribution in [0.1, 0.15) is 38.7 Å². The Morgan fingerprint density at radius 2 is 1.84 bits per heavy atom. The molecule has 3 unspecified atom stereocenters. The van der Waals surface area contributed by atoms with E-state index >= 15 is 0 Å². The van der Waals surface area contributed by atoms with Crippen LogP contribution in [0.2, 0.25) is 0 Å². The predicted molar refractivity (Wildman–Crippen MR) is 123 cm³/mol. The van der Waals surface area contributed by atoms with Crippen molar-refractivity contribution in [1.82, 2.24) is 25.5 Å². The molecule has 8 heteroatoms. The third-order valence-electron chi connectivity index (χ3n) is 6.36. The molecule has 1 saturated heterocycles. The first-order chi connectivity index (χ1) is 15.6. The first-order valence-corrected chi connectivity index (χ1v) is 11.4. The zero-order valence-corrected chi connectivity index (χ0v) is 18.7. The molecular formula is C24H31FN6O. The molecule has 0 aliphatic carbocycles. The molecule has 1 N–H and O–H groups in total. The number of aromatic nitrogens is 4. The number of halogens is 1. The summed E-state index contributed by atoms with van der Waals surface area (Å²) < 4.78 is 13.4.